The summed E-state index contributed by atoms with van der Waals surface area (Å²) in [5.41, 5.74) is 3.39. The summed E-state index contributed by atoms with van der Waals surface area (Å²) in [7, 11) is 0. The lowest BCUT2D eigenvalue weighted by molar-refractivity contribution is 0.102. The third kappa shape index (κ3) is 4.09. The van der Waals surface area contributed by atoms with Crippen molar-refractivity contribution in [3.8, 4) is 0 Å². The second kappa shape index (κ2) is 7.57. The molecule has 0 unspecified atom stereocenters. The normalized spacial score (nSPS) is 15.0. The summed E-state index contributed by atoms with van der Waals surface area (Å²) in [5, 5.41) is 14.4. The van der Waals surface area contributed by atoms with Crippen LogP contribution in [0.4, 0.5) is 5.69 Å². The van der Waals surface area contributed by atoms with Crippen molar-refractivity contribution >= 4 is 24.0 Å². The second-order valence-corrected chi connectivity index (χ2v) is 5.84. The van der Waals surface area contributed by atoms with E-state index in [0.717, 1.165) is 37.2 Å². The van der Waals surface area contributed by atoms with E-state index < -0.39 is 0 Å². The molecule has 1 aromatic heterocycles. The Morgan fingerprint density at radius 2 is 2.04 bits per heavy atom. The first-order valence-corrected chi connectivity index (χ1v) is 7.64. The van der Waals surface area contributed by atoms with Crippen molar-refractivity contribution in [2.24, 2.45) is 0 Å². The molecule has 2 aromatic rings. The molecule has 0 radical (unpaired) electrons. The molecule has 0 spiro atoms. The number of carbonyl (C=O) groups excluding carboxylic acids is 1. The summed E-state index contributed by atoms with van der Waals surface area (Å²) in [6, 6.07) is 6.27. The van der Waals surface area contributed by atoms with E-state index in [4.69, 9.17) is 0 Å². The molecule has 2 N–H and O–H groups in total. The molecule has 124 valence electrons. The Hall–Kier alpha value is -1.92. The molecular formula is C16H22ClN5O. The van der Waals surface area contributed by atoms with Gasteiger partial charge in [-0.15, -0.1) is 17.5 Å². The first-order chi connectivity index (χ1) is 10.6. The number of nitrogens with zero attached hydrogens (tertiary/aromatic N) is 3. The predicted octanol–water partition coefficient (Wildman–Crippen LogP) is 2.49. The van der Waals surface area contributed by atoms with Gasteiger partial charge in [-0.2, -0.15) is 0 Å². The Labute approximate surface area is 142 Å². The van der Waals surface area contributed by atoms with Gasteiger partial charge in [-0.3, -0.25) is 4.79 Å². The SMILES string of the molecule is Cc1ccc(NC(=O)c2cn(C3CCNCC3)nn2)c(C)c1.Cl. The zero-order chi connectivity index (χ0) is 15.5. The minimum atomic E-state index is -0.216. The minimum Gasteiger partial charge on any atom is -0.320 e. The van der Waals surface area contributed by atoms with Crippen LogP contribution in [0.15, 0.2) is 24.4 Å². The van der Waals surface area contributed by atoms with Crippen molar-refractivity contribution < 1.29 is 4.79 Å². The average molecular weight is 336 g/mol. The number of hydrogen-bond donors (Lipinski definition) is 2. The van der Waals surface area contributed by atoms with Crippen LogP contribution in [-0.4, -0.2) is 34.0 Å². The maximum Gasteiger partial charge on any atom is 0.277 e. The van der Waals surface area contributed by atoms with Gasteiger partial charge in [-0.05, 0) is 51.4 Å². The van der Waals surface area contributed by atoms with Crippen LogP contribution >= 0.6 is 12.4 Å². The van der Waals surface area contributed by atoms with E-state index in [2.05, 4.69) is 20.9 Å². The zero-order valence-corrected chi connectivity index (χ0v) is 14.2. The van der Waals surface area contributed by atoms with Crippen LogP contribution in [0.25, 0.3) is 0 Å². The van der Waals surface area contributed by atoms with Crippen LogP contribution in [0.1, 0.15) is 40.5 Å². The van der Waals surface area contributed by atoms with Crippen LogP contribution in [0.2, 0.25) is 0 Å². The van der Waals surface area contributed by atoms with Crippen LogP contribution < -0.4 is 10.6 Å². The molecule has 1 amide bonds. The van der Waals surface area contributed by atoms with Crippen molar-refractivity contribution in [2.75, 3.05) is 18.4 Å². The predicted molar refractivity (Wildman–Crippen MR) is 92.3 cm³/mol. The quantitative estimate of drug-likeness (QED) is 0.904. The molecule has 0 aliphatic carbocycles. The van der Waals surface area contributed by atoms with Crippen LogP contribution in [-0.2, 0) is 0 Å². The molecule has 1 aliphatic rings. The highest BCUT2D eigenvalue weighted by Crippen LogP contribution is 2.19. The number of piperidine rings is 1. The average Bonchev–Trinajstić information content (AvgIpc) is 3.01. The molecule has 0 atom stereocenters. The molecule has 2 heterocycles. The number of rotatable bonds is 3. The summed E-state index contributed by atoms with van der Waals surface area (Å²) >= 11 is 0. The van der Waals surface area contributed by atoms with E-state index in [1.807, 2.05) is 36.7 Å². The van der Waals surface area contributed by atoms with Gasteiger partial charge in [0.2, 0.25) is 0 Å². The third-order valence-electron chi connectivity index (χ3n) is 4.06. The van der Waals surface area contributed by atoms with Gasteiger partial charge in [-0.1, -0.05) is 22.9 Å². The van der Waals surface area contributed by atoms with Crippen molar-refractivity contribution in [1.82, 2.24) is 20.3 Å². The second-order valence-electron chi connectivity index (χ2n) is 5.84. The maximum atomic E-state index is 12.3. The summed E-state index contributed by atoms with van der Waals surface area (Å²) < 4.78 is 1.82. The molecular weight excluding hydrogens is 314 g/mol. The lowest BCUT2D eigenvalue weighted by atomic mass is 10.1. The van der Waals surface area contributed by atoms with E-state index >= 15 is 0 Å². The molecule has 1 aromatic carbocycles. The molecule has 1 saturated heterocycles. The van der Waals surface area contributed by atoms with Gasteiger partial charge in [0.1, 0.15) is 0 Å². The number of amides is 1. The first-order valence-electron chi connectivity index (χ1n) is 7.64. The van der Waals surface area contributed by atoms with Gasteiger partial charge < -0.3 is 10.6 Å². The molecule has 3 rings (SSSR count). The molecule has 1 fully saturated rings. The standard InChI is InChI=1S/C16H21N5O.ClH/c1-11-3-4-14(12(2)9-11)18-16(22)15-10-21(20-19-15)13-5-7-17-8-6-13;/h3-4,9-10,13,17H,5-8H2,1-2H3,(H,18,22);1H. The number of aromatic nitrogens is 3. The van der Waals surface area contributed by atoms with E-state index in [1.54, 1.807) is 6.20 Å². The van der Waals surface area contributed by atoms with Gasteiger partial charge in [-0.25, -0.2) is 4.68 Å². The number of benzene rings is 1. The Balaban J connectivity index is 0.00000192. The lowest BCUT2D eigenvalue weighted by Crippen LogP contribution is -2.29. The number of anilines is 1. The van der Waals surface area contributed by atoms with E-state index in [-0.39, 0.29) is 18.3 Å². The number of carbonyl (C=O) groups is 1. The summed E-state index contributed by atoms with van der Waals surface area (Å²) in [6.45, 7) is 5.97. The minimum absolute atomic E-state index is 0. The highest BCUT2D eigenvalue weighted by atomic mass is 35.5. The van der Waals surface area contributed by atoms with Crippen LogP contribution in [0.5, 0.6) is 0 Å². The zero-order valence-electron chi connectivity index (χ0n) is 13.4. The first kappa shape index (κ1) is 17.4. The van der Waals surface area contributed by atoms with Gasteiger partial charge in [0.25, 0.3) is 5.91 Å². The molecule has 7 heteroatoms. The molecule has 1 aliphatic heterocycles. The van der Waals surface area contributed by atoms with Crippen LogP contribution in [0.3, 0.4) is 0 Å². The highest BCUT2D eigenvalue weighted by Gasteiger charge is 2.19. The molecule has 0 saturated carbocycles. The van der Waals surface area contributed by atoms with Crippen molar-refractivity contribution in [2.45, 2.75) is 32.7 Å². The fourth-order valence-corrected chi connectivity index (χ4v) is 2.77. The Morgan fingerprint density at radius 1 is 1.30 bits per heavy atom. The largest absolute Gasteiger partial charge is 0.320 e. The number of halogens is 1. The van der Waals surface area contributed by atoms with E-state index in [1.165, 1.54) is 5.56 Å². The maximum absolute atomic E-state index is 12.3. The topological polar surface area (TPSA) is 71.8 Å². The smallest absolute Gasteiger partial charge is 0.277 e. The highest BCUT2D eigenvalue weighted by molar-refractivity contribution is 6.03. The number of aryl methyl sites for hydroxylation is 2. The molecule has 6 nitrogen and oxygen atoms in total. The van der Waals surface area contributed by atoms with Crippen molar-refractivity contribution in [3.63, 3.8) is 0 Å². The van der Waals surface area contributed by atoms with Crippen molar-refractivity contribution in [3.05, 3.63) is 41.2 Å². The third-order valence-corrected chi connectivity index (χ3v) is 4.06. The molecule has 0 bridgehead atoms. The Kier molecular flexibility index (Phi) is 5.74. The van der Waals surface area contributed by atoms with Crippen LogP contribution in [0, 0.1) is 13.8 Å². The lowest BCUT2D eigenvalue weighted by Gasteiger charge is -2.22. The Bertz CT molecular complexity index is 679. The van der Waals surface area contributed by atoms with Gasteiger partial charge in [0, 0.05) is 5.69 Å². The summed E-state index contributed by atoms with van der Waals surface area (Å²) in [4.78, 5) is 12.3. The summed E-state index contributed by atoms with van der Waals surface area (Å²) in [6.07, 6.45) is 3.78. The molecule has 23 heavy (non-hydrogen) atoms. The van der Waals surface area contributed by atoms with E-state index in [0.29, 0.717) is 11.7 Å². The number of hydrogen-bond acceptors (Lipinski definition) is 4. The number of nitrogens with one attached hydrogen (secondary N) is 2. The van der Waals surface area contributed by atoms with Gasteiger partial charge in [0.05, 0.1) is 12.2 Å². The van der Waals surface area contributed by atoms with Crippen molar-refractivity contribution in [1.29, 1.82) is 0 Å². The fourth-order valence-electron chi connectivity index (χ4n) is 2.77. The van der Waals surface area contributed by atoms with Gasteiger partial charge in [0.15, 0.2) is 5.69 Å². The monoisotopic (exact) mass is 335 g/mol. The fraction of sp³-hybridized carbons (Fsp3) is 0.438. The van der Waals surface area contributed by atoms with E-state index in [9.17, 15) is 4.79 Å². The van der Waals surface area contributed by atoms with Gasteiger partial charge >= 0.3 is 0 Å². The summed E-state index contributed by atoms with van der Waals surface area (Å²) in [5.74, 6) is -0.216. The Morgan fingerprint density at radius 3 is 2.74 bits per heavy atom.